The summed E-state index contributed by atoms with van der Waals surface area (Å²) in [5.41, 5.74) is 1.31. The molecule has 11 heteroatoms. The Balaban J connectivity index is 1.23. The van der Waals surface area contributed by atoms with Gasteiger partial charge in [-0.05, 0) is 68.5 Å². The van der Waals surface area contributed by atoms with E-state index in [1.807, 2.05) is 24.0 Å². The van der Waals surface area contributed by atoms with Gasteiger partial charge in [-0.15, -0.1) is 11.3 Å². The van der Waals surface area contributed by atoms with Gasteiger partial charge in [0.25, 0.3) is 0 Å². The van der Waals surface area contributed by atoms with Gasteiger partial charge < -0.3 is 10.1 Å². The number of carbonyl (C=O) groups excluding carboxylic acids is 1. The molecule has 0 aliphatic carbocycles. The number of halogens is 1. The summed E-state index contributed by atoms with van der Waals surface area (Å²) in [7, 11) is -3.72. The molecule has 1 spiro atoms. The highest BCUT2D eigenvalue weighted by Gasteiger charge is 2.47. The van der Waals surface area contributed by atoms with Crippen LogP contribution in [-0.2, 0) is 26.0 Å². The number of aromatic nitrogens is 1. The summed E-state index contributed by atoms with van der Waals surface area (Å²) in [6.07, 6.45) is 4.59. The fourth-order valence-corrected chi connectivity index (χ4v) is 8.41. The average molecular weight is 615 g/mol. The van der Waals surface area contributed by atoms with Crippen LogP contribution < -0.4 is 5.32 Å². The Hall–Kier alpha value is -2.70. The second-order valence-electron chi connectivity index (χ2n) is 11.9. The first-order valence-electron chi connectivity index (χ1n) is 14.5. The first kappa shape index (κ1) is 30.7. The SMILES string of the molecule is Cc1ccc(S(=O)(=O)N2CC3(CCCN(CC(=O)Nc4ncc(Cc5ccc(F)cc5)s4)C3)OC[C@@H]2CC(C)C)cc1. The average Bonchev–Trinajstić information content (AvgIpc) is 3.37. The molecule has 1 aromatic heterocycles. The number of anilines is 1. The molecule has 2 aromatic carbocycles. The van der Waals surface area contributed by atoms with Crippen molar-refractivity contribution in [1.29, 1.82) is 0 Å². The topological polar surface area (TPSA) is 91.8 Å². The van der Waals surface area contributed by atoms with Gasteiger partial charge >= 0.3 is 0 Å². The number of likely N-dealkylation sites (tertiary alicyclic amines) is 1. The lowest BCUT2D eigenvalue weighted by Gasteiger charge is -2.50. The maximum absolute atomic E-state index is 13.9. The third-order valence-corrected chi connectivity index (χ3v) is 10.7. The van der Waals surface area contributed by atoms with E-state index in [0.29, 0.717) is 41.9 Å². The van der Waals surface area contributed by atoms with Gasteiger partial charge in [0.05, 0.1) is 23.6 Å². The Kier molecular flexibility index (Phi) is 9.44. The molecule has 3 heterocycles. The van der Waals surface area contributed by atoms with Gasteiger partial charge in [-0.25, -0.2) is 17.8 Å². The molecule has 0 bridgehead atoms. The number of hydrogen-bond acceptors (Lipinski definition) is 7. The minimum absolute atomic E-state index is 0.165. The number of rotatable bonds is 9. The number of aryl methyl sites for hydroxylation is 1. The van der Waals surface area contributed by atoms with Crippen molar-refractivity contribution in [2.75, 3.05) is 38.1 Å². The zero-order chi connectivity index (χ0) is 29.9. The van der Waals surface area contributed by atoms with Crippen LogP contribution in [0.5, 0.6) is 0 Å². The predicted octanol–water partition coefficient (Wildman–Crippen LogP) is 5.09. The lowest BCUT2D eigenvalue weighted by molar-refractivity contribution is -0.146. The van der Waals surface area contributed by atoms with Gasteiger partial charge in [0.2, 0.25) is 15.9 Å². The van der Waals surface area contributed by atoms with Crippen molar-refractivity contribution in [2.24, 2.45) is 5.92 Å². The summed E-state index contributed by atoms with van der Waals surface area (Å²) >= 11 is 1.40. The molecule has 0 radical (unpaired) electrons. The molecular weight excluding hydrogens is 575 g/mol. The van der Waals surface area contributed by atoms with Crippen molar-refractivity contribution in [2.45, 2.75) is 63.0 Å². The van der Waals surface area contributed by atoms with E-state index < -0.39 is 15.6 Å². The summed E-state index contributed by atoms with van der Waals surface area (Å²) in [5, 5.41) is 3.42. The molecule has 2 aliphatic rings. The maximum Gasteiger partial charge on any atom is 0.243 e. The molecule has 2 saturated heterocycles. The van der Waals surface area contributed by atoms with Crippen LogP contribution in [0, 0.1) is 18.7 Å². The number of hydrogen-bond donors (Lipinski definition) is 1. The maximum atomic E-state index is 13.9. The van der Waals surface area contributed by atoms with E-state index in [1.165, 1.54) is 23.5 Å². The van der Waals surface area contributed by atoms with Crippen LogP contribution in [0.2, 0.25) is 0 Å². The zero-order valence-corrected chi connectivity index (χ0v) is 26.0. The number of carbonyl (C=O) groups is 1. The summed E-state index contributed by atoms with van der Waals surface area (Å²) < 4.78 is 49.1. The summed E-state index contributed by atoms with van der Waals surface area (Å²) in [4.78, 5) is 20.7. The van der Waals surface area contributed by atoms with Crippen LogP contribution >= 0.6 is 11.3 Å². The van der Waals surface area contributed by atoms with Crippen molar-refractivity contribution in [1.82, 2.24) is 14.2 Å². The van der Waals surface area contributed by atoms with Gasteiger partial charge in [0, 0.05) is 36.6 Å². The number of ether oxygens (including phenoxy) is 1. The van der Waals surface area contributed by atoms with Crippen LogP contribution in [0.3, 0.4) is 0 Å². The summed E-state index contributed by atoms with van der Waals surface area (Å²) in [6, 6.07) is 13.1. The fraction of sp³-hybridized carbons (Fsp3) is 0.484. The number of sulfonamides is 1. The first-order valence-corrected chi connectivity index (χ1v) is 16.7. The van der Waals surface area contributed by atoms with E-state index in [9.17, 15) is 17.6 Å². The molecule has 1 amide bonds. The number of nitrogens with zero attached hydrogens (tertiary/aromatic N) is 3. The smallest absolute Gasteiger partial charge is 0.243 e. The molecule has 0 saturated carbocycles. The van der Waals surface area contributed by atoms with Gasteiger partial charge in [0.15, 0.2) is 5.13 Å². The lowest BCUT2D eigenvalue weighted by Crippen LogP contribution is -2.64. The Morgan fingerprint density at radius 3 is 2.62 bits per heavy atom. The molecule has 2 fully saturated rings. The monoisotopic (exact) mass is 614 g/mol. The van der Waals surface area contributed by atoms with Crippen molar-refractivity contribution in [3.8, 4) is 0 Å². The lowest BCUT2D eigenvalue weighted by atomic mass is 9.89. The third kappa shape index (κ3) is 7.44. The van der Waals surface area contributed by atoms with Crippen LogP contribution in [0.15, 0.2) is 59.6 Å². The van der Waals surface area contributed by atoms with E-state index in [1.54, 1.807) is 34.8 Å². The fourth-order valence-electron chi connectivity index (χ4n) is 5.86. The first-order chi connectivity index (χ1) is 20.0. The molecule has 8 nitrogen and oxygen atoms in total. The van der Waals surface area contributed by atoms with Crippen molar-refractivity contribution in [3.05, 3.63) is 76.5 Å². The van der Waals surface area contributed by atoms with E-state index in [-0.39, 0.29) is 30.9 Å². The number of amides is 1. The highest BCUT2D eigenvalue weighted by atomic mass is 32.2. The minimum atomic E-state index is -3.72. The number of piperidine rings is 1. The highest BCUT2D eigenvalue weighted by Crippen LogP contribution is 2.35. The third-order valence-electron chi connectivity index (χ3n) is 7.88. The normalized spacial score (nSPS) is 22.1. The van der Waals surface area contributed by atoms with Crippen molar-refractivity contribution in [3.63, 3.8) is 0 Å². The van der Waals surface area contributed by atoms with E-state index >= 15 is 0 Å². The molecule has 2 atom stereocenters. The van der Waals surface area contributed by atoms with Crippen LogP contribution in [-0.4, -0.2) is 72.9 Å². The van der Waals surface area contributed by atoms with Gasteiger partial charge in [-0.1, -0.05) is 43.7 Å². The molecule has 5 rings (SSSR count). The Labute approximate surface area is 252 Å². The standard InChI is InChI=1S/C31H39FN4O4S2/c1-22(2)15-26-19-40-31(21-36(26)42(38,39)28-11-5-23(3)6-12-28)13-4-14-35(20-31)18-29(37)34-30-33-17-27(41-30)16-24-7-9-25(32)10-8-24/h5-12,17,22,26H,4,13-16,18-21H2,1-3H3,(H,33,34,37)/t26-,31?/m0/s1. The summed E-state index contributed by atoms with van der Waals surface area (Å²) in [6.45, 7) is 8.09. The predicted molar refractivity (Wildman–Crippen MR) is 163 cm³/mol. The Morgan fingerprint density at radius 2 is 1.90 bits per heavy atom. The number of thiazole rings is 1. The van der Waals surface area contributed by atoms with Crippen molar-refractivity contribution < 1.29 is 22.3 Å². The molecule has 226 valence electrons. The Bertz CT molecular complexity index is 1480. The quantitative estimate of drug-likeness (QED) is 0.361. The molecular formula is C31H39FN4O4S2. The molecule has 1 unspecified atom stereocenters. The largest absolute Gasteiger partial charge is 0.371 e. The van der Waals surface area contributed by atoms with Crippen LogP contribution in [0.4, 0.5) is 9.52 Å². The molecule has 1 N–H and O–H groups in total. The van der Waals surface area contributed by atoms with E-state index in [0.717, 1.165) is 35.4 Å². The van der Waals surface area contributed by atoms with E-state index in [4.69, 9.17) is 4.74 Å². The Morgan fingerprint density at radius 1 is 1.17 bits per heavy atom. The van der Waals surface area contributed by atoms with E-state index in [2.05, 4.69) is 24.1 Å². The second-order valence-corrected chi connectivity index (χ2v) is 14.9. The summed E-state index contributed by atoms with van der Waals surface area (Å²) in [5.74, 6) is -0.130. The second kappa shape index (κ2) is 12.9. The molecule has 2 aliphatic heterocycles. The number of benzene rings is 2. The van der Waals surface area contributed by atoms with Gasteiger partial charge in [-0.2, -0.15) is 4.31 Å². The molecule has 3 aromatic rings. The van der Waals surface area contributed by atoms with Crippen LogP contribution in [0.25, 0.3) is 0 Å². The van der Waals surface area contributed by atoms with Crippen molar-refractivity contribution >= 4 is 32.4 Å². The number of morpholine rings is 1. The minimum Gasteiger partial charge on any atom is -0.371 e. The molecule has 42 heavy (non-hydrogen) atoms. The highest BCUT2D eigenvalue weighted by molar-refractivity contribution is 7.89. The number of nitrogens with one attached hydrogen (secondary N) is 1. The zero-order valence-electron chi connectivity index (χ0n) is 24.4. The van der Waals surface area contributed by atoms with Gasteiger partial charge in [-0.3, -0.25) is 9.69 Å². The van der Waals surface area contributed by atoms with Crippen LogP contribution in [0.1, 0.15) is 49.1 Å². The van der Waals surface area contributed by atoms with Gasteiger partial charge in [0.1, 0.15) is 5.82 Å².